The largest absolute Gasteiger partial charge is 0.362 e. The van der Waals surface area contributed by atoms with Crippen molar-refractivity contribution in [2.45, 2.75) is 26.2 Å². The normalized spacial score (nSPS) is 16.5. The quantitative estimate of drug-likeness (QED) is 0.667. The van der Waals surface area contributed by atoms with Crippen molar-refractivity contribution in [1.82, 2.24) is 4.90 Å². The number of piperidine rings is 1. The Kier molecular flexibility index (Phi) is 3.37. The summed E-state index contributed by atoms with van der Waals surface area (Å²) in [6.07, 6.45) is 3.92. The van der Waals surface area contributed by atoms with Crippen molar-refractivity contribution in [2.75, 3.05) is 13.1 Å². The van der Waals surface area contributed by atoms with Crippen LogP contribution in [0.2, 0.25) is 0 Å². The molecule has 1 aliphatic heterocycles. The molecule has 2 rings (SSSR count). The Morgan fingerprint density at radius 2 is 1.93 bits per heavy atom. The van der Waals surface area contributed by atoms with Crippen molar-refractivity contribution in [3.05, 3.63) is 35.4 Å². The minimum Gasteiger partial charge on any atom is -0.362 e. The van der Waals surface area contributed by atoms with Gasteiger partial charge in [0.25, 0.3) is 0 Å². The predicted molar refractivity (Wildman–Crippen MR) is 68.3 cm³/mol. The van der Waals surface area contributed by atoms with Crippen LogP contribution in [0, 0.1) is 6.92 Å². The van der Waals surface area contributed by atoms with Gasteiger partial charge < -0.3 is 4.90 Å². The Labute approximate surface area is 97.1 Å². The SMILES string of the molecule is Cc1cccc(C(=S)N2CCCCC2)c1. The first-order valence-electron chi connectivity index (χ1n) is 5.63. The summed E-state index contributed by atoms with van der Waals surface area (Å²) in [5.41, 5.74) is 2.48. The van der Waals surface area contributed by atoms with E-state index in [2.05, 4.69) is 36.1 Å². The zero-order chi connectivity index (χ0) is 10.7. The fourth-order valence-electron chi connectivity index (χ4n) is 2.06. The van der Waals surface area contributed by atoms with Crippen molar-refractivity contribution in [3.8, 4) is 0 Å². The second kappa shape index (κ2) is 4.75. The van der Waals surface area contributed by atoms with Crippen LogP contribution in [0.25, 0.3) is 0 Å². The Hall–Kier alpha value is -0.890. The van der Waals surface area contributed by atoms with Crippen LogP contribution >= 0.6 is 12.2 Å². The van der Waals surface area contributed by atoms with Gasteiger partial charge in [-0.05, 0) is 32.3 Å². The second-order valence-electron chi connectivity index (χ2n) is 4.22. The van der Waals surface area contributed by atoms with Crippen LogP contribution in [0.3, 0.4) is 0 Å². The van der Waals surface area contributed by atoms with E-state index in [0.717, 1.165) is 18.1 Å². The Balaban J connectivity index is 2.12. The van der Waals surface area contributed by atoms with E-state index in [0.29, 0.717) is 0 Å². The highest BCUT2D eigenvalue weighted by Gasteiger charge is 2.14. The molecule has 80 valence electrons. The molecule has 0 saturated carbocycles. The first kappa shape index (κ1) is 10.6. The van der Waals surface area contributed by atoms with Crippen LogP contribution in [-0.2, 0) is 0 Å². The highest BCUT2D eigenvalue weighted by Crippen LogP contribution is 2.14. The average molecular weight is 219 g/mol. The Bertz CT molecular complexity index is 353. The van der Waals surface area contributed by atoms with Crippen LogP contribution in [-0.4, -0.2) is 23.0 Å². The number of hydrogen-bond acceptors (Lipinski definition) is 1. The molecular weight excluding hydrogens is 202 g/mol. The molecule has 0 aromatic heterocycles. The standard InChI is InChI=1S/C13H17NS/c1-11-6-5-7-12(10-11)13(15)14-8-3-2-4-9-14/h5-7,10H,2-4,8-9H2,1H3. The molecule has 15 heavy (non-hydrogen) atoms. The summed E-state index contributed by atoms with van der Waals surface area (Å²) >= 11 is 5.53. The van der Waals surface area contributed by atoms with Crippen molar-refractivity contribution in [2.24, 2.45) is 0 Å². The zero-order valence-electron chi connectivity index (χ0n) is 9.20. The van der Waals surface area contributed by atoms with Crippen LogP contribution < -0.4 is 0 Å². The predicted octanol–water partition coefficient (Wildman–Crippen LogP) is 3.16. The molecule has 0 spiro atoms. The lowest BCUT2D eigenvalue weighted by atomic mass is 10.1. The summed E-state index contributed by atoms with van der Waals surface area (Å²) in [6.45, 7) is 4.38. The number of hydrogen-bond donors (Lipinski definition) is 0. The molecule has 1 saturated heterocycles. The van der Waals surface area contributed by atoms with Crippen molar-refractivity contribution >= 4 is 17.2 Å². The van der Waals surface area contributed by atoms with E-state index in [1.807, 2.05) is 0 Å². The lowest BCUT2D eigenvalue weighted by molar-refractivity contribution is 0.347. The molecule has 1 aromatic carbocycles. The number of thiocarbonyl (C=S) groups is 1. The average Bonchev–Trinajstić information content (AvgIpc) is 2.29. The molecule has 1 heterocycles. The van der Waals surface area contributed by atoms with Crippen LogP contribution in [0.4, 0.5) is 0 Å². The maximum Gasteiger partial charge on any atom is 0.109 e. The van der Waals surface area contributed by atoms with Gasteiger partial charge in [0.2, 0.25) is 0 Å². The summed E-state index contributed by atoms with van der Waals surface area (Å²) in [6, 6.07) is 8.49. The molecule has 0 N–H and O–H groups in total. The number of benzene rings is 1. The van der Waals surface area contributed by atoms with Crippen molar-refractivity contribution in [3.63, 3.8) is 0 Å². The van der Waals surface area contributed by atoms with Gasteiger partial charge in [-0.25, -0.2) is 0 Å². The highest BCUT2D eigenvalue weighted by atomic mass is 32.1. The van der Waals surface area contributed by atoms with Gasteiger partial charge in [0.05, 0.1) is 0 Å². The molecule has 0 amide bonds. The Morgan fingerprint density at radius 3 is 2.60 bits per heavy atom. The Morgan fingerprint density at radius 1 is 1.20 bits per heavy atom. The van der Waals surface area contributed by atoms with Crippen LogP contribution in [0.1, 0.15) is 30.4 Å². The molecule has 1 fully saturated rings. The van der Waals surface area contributed by atoms with Gasteiger partial charge in [0.1, 0.15) is 4.99 Å². The van der Waals surface area contributed by atoms with Gasteiger partial charge >= 0.3 is 0 Å². The van der Waals surface area contributed by atoms with Crippen LogP contribution in [0.15, 0.2) is 24.3 Å². The molecule has 0 atom stereocenters. The first-order chi connectivity index (χ1) is 7.27. The molecular formula is C13H17NS. The van der Waals surface area contributed by atoms with E-state index < -0.39 is 0 Å². The van der Waals surface area contributed by atoms with E-state index >= 15 is 0 Å². The number of likely N-dealkylation sites (tertiary alicyclic amines) is 1. The smallest absolute Gasteiger partial charge is 0.109 e. The molecule has 0 radical (unpaired) electrons. The summed E-state index contributed by atoms with van der Waals surface area (Å²) in [4.78, 5) is 3.37. The van der Waals surface area contributed by atoms with E-state index in [4.69, 9.17) is 12.2 Å². The highest BCUT2D eigenvalue weighted by molar-refractivity contribution is 7.80. The minimum absolute atomic E-state index is 1.03. The van der Waals surface area contributed by atoms with Gasteiger partial charge in [-0.2, -0.15) is 0 Å². The summed E-state index contributed by atoms with van der Waals surface area (Å²) in [5.74, 6) is 0. The van der Waals surface area contributed by atoms with Crippen molar-refractivity contribution < 1.29 is 0 Å². The van der Waals surface area contributed by atoms with E-state index in [-0.39, 0.29) is 0 Å². The zero-order valence-corrected chi connectivity index (χ0v) is 10.0. The number of rotatable bonds is 1. The molecule has 1 nitrogen and oxygen atoms in total. The third kappa shape index (κ3) is 2.57. The number of aryl methyl sites for hydroxylation is 1. The molecule has 1 aromatic rings. The molecule has 0 aliphatic carbocycles. The third-order valence-electron chi connectivity index (χ3n) is 2.91. The summed E-state index contributed by atoms with van der Waals surface area (Å²) in [7, 11) is 0. The fourth-order valence-corrected chi connectivity index (χ4v) is 2.37. The monoisotopic (exact) mass is 219 g/mol. The maximum absolute atomic E-state index is 5.53. The minimum atomic E-state index is 1.03. The topological polar surface area (TPSA) is 3.24 Å². The lowest BCUT2D eigenvalue weighted by Crippen LogP contribution is -2.34. The molecule has 1 aliphatic rings. The van der Waals surface area contributed by atoms with E-state index in [1.165, 1.54) is 30.4 Å². The van der Waals surface area contributed by atoms with Crippen LogP contribution in [0.5, 0.6) is 0 Å². The van der Waals surface area contributed by atoms with Gasteiger partial charge in [0.15, 0.2) is 0 Å². The molecule has 0 unspecified atom stereocenters. The summed E-state index contributed by atoms with van der Waals surface area (Å²) < 4.78 is 0. The van der Waals surface area contributed by atoms with E-state index in [9.17, 15) is 0 Å². The van der Waals surface area contributed by atoms with Gasteiger partial charge in [-0.15, -0.1) is 0 Å². The fraction of sp³-hybridized carbons (Fsp3) is 0.462. The van der Waals surface area contributed by atoms with E-state index in [1.54, 1.807) is 0 Å². The maximum atomic E-state index is 5.53. The van der Waals surface area contributed by atoms with Gasteiger partial charge in [-0.1, -0.05) is 36.0 Å². The number of nitrogens with zero attached hydrogens (tertiary/aromatic N) is 1. The van der Waals surface area contributed by atoms with Gasteiger partial charge in [0, 0.05) is 18.7 Å². The third-order valence-corrected chi connectivity index (χ3v) is 3.40. The van der Waals surface area contributed by atoms with Gasteiger partial charge in [-0.3, -0.25) is 0 Å². The van der Waals surface area contributed by atoms with Crippen molar-refractivity contribution in [1.29, 1.82) is 0 Å². The molecule has 2 heteroatoms. The lowest BCUT2D eigenvalue weighted by Gasteiger charge is -2.29. The molecule has 0 bridgehead atoms. The summed E-state index contributed by atoms with van der Waals surface area (Å²) in [5, 5.41) is 0. The first-order valence-corrected chi connectivity index (χ1v) is 6.04. The second-order valence-corrected chi connectivity index (χ2v) is 4.61.